The molecule has 0 aliphatic carbocycles. The van der Waals surface area contributed by atoms with E-state index in [2.05, 4.69) is 5.32 Å². The van der Waals surface area contributed by atoms with E-state index in [9.17, 15) is 17.6 Å². The van der Waals surface area contributed by atoms with Crippen molar-refractivity contribution in [3.63, 3.8) is 0 Å². The van der Waals surface area contributed by atoms with Crippen molar-refractivity contribution in [3.05, 3.63) is 57.9 Å². The Morgan fingerprint density at radius 1 is 1.18 bits per heavy atom. The number of carbonyl (C=O) groups is 1. The largest absolute Gasteiger partial charge is 0.322 e. The third kappa shape index (κ3) is 3.92. The molecule has 150 valence electrons. The molecule has 1 unspecified atom stereocenters. The lowest BCUT2D eigenvalue weighted by atomic mass is 10.1. The number of amides is 1. The summed E-state index contributed by atoms with van der Waals surface area (Å²) < 4.78 is 41.9. The predicted octanol–water partition coefficient (Wildman–Crippen LogP) is 4.20. The average molecular weight is 425 g/mol. The zero-order valence-electron chi connectivity index (χ0n) is 15.9. The van der Waals surface area contributed by atoms with E-state index < -0.39 is 27.8 Å². The number of rotatable bonds is 4. The quantitative estimate of drug-likeness (QED) is 0.800. The minimum Gasteiger partial charge on any atom is -0.322 e. The number of hydrogen-bond acceptors (Lipinski definition) is 3. The van der Waals surface area contributed by atoms with E-state index in [1.807, 2.05) is 19.1 Å². The lowest BCUT2D eigenvalue weighted by Crippen LogP contribution is -2.43. The van der Waals surface area contributed by atoms with Crippen LogP contribution in [0.5, 0.6) is 0 Å². The molecule has 0 radical (unpaired) electrons. The van der Waals surface area contributed by atoms with Crippen LogP contribution in [0.15, 0.2) is 35.2 Å². The Bertz CT molecular complexity index is 1020. The SMILES string of the molecule is Cc1cc(C)c(S(=O)(=O)N2CCCC2C(=O)Nc2ccc(Cl)cc2F)c(C)c1. The second kappa shape index (κ2) is 7.81. The number of anilines is 1. The van der Waals surface area contributed by atoms with Crippen molar-refractivity contribution in [2.75, 3.05) is 11.9 Å². The smallest absolute Gasteiger partial charge is 0.244 e. The number of nitrogens with one attached hydrogen (secondary N) is 1. The van der Waals surface area contributed by atoms with Crippen LogP contribution in [-0.4, -0.2) is 31.2 Å². The van der Waals surface area contributed by atoms with Gasteiger partial charge >= 0.3 is 0 Å². The zero-order valence-corrected chi connectivity index (χ0v) is 17.5. The van der Waals surface area contributed by atoms with E-state index in [0.717, 1.165) is 11.6 Å². The van der Waals surface area contributed by atoms with Crippen molar-refractivity contribution in [2.24, 2.45) is 0 Å². The van der Waals surface area contributed by atoms with Crippen molar-refractivity contribution >= 4 is 33.2 Å². The van der Waals surface area contributed by atoms with E-state index in [1.165, 1.54) is 16.4 Å². The highest BCUT2D eigenvalue weighted by molar-refractivity contribution is 7.89. The molecular formula is C20H22ClFN2O3S. The molecule has 2 aromatic rings. The topological polar surface area (TPSA) is 66.5 Å². The van der Waals surface area contributed by atoms with Gasteiger partial charge in [-0.25, -0.2) is 12.8 Å². The van der Waals surface area contributed by atoms with Gasteiger partial charge in [-0.2, -0.15) is 4.31 Å². The van der Waals surface area contributed by atoms with Gasteiger partial charge < -0.3 is 5.32 Å². The van der Waals surface area contributed by atoms with Gasteiger partial charge in [-0.05, 0) is 62.9 Å². The molecule has 1 N–H and O–H groups in total. The Morgan fingerprint density at radius 3 is 2.43 bits per heavy atom. The van der Waals surface area contributed by atoms with E-state index in [4.69, 9.17) is 11.6 Å². The van der Waals surface area contributed by atoms with Crippen LogP contribution in [0.2, 0.25) is 5.02 Å². The molecule has 28 heavy (non-hydrogen) atoms. The molecule has 2 aromatic carbocycles. The lowest BCUT2D eigenvalue weighted by molar-refractivity contribution is -0.119. The summed E-state index contributed by atoms with van der Waals surface area (Å²) in [6, 6.07) is 6.65. The summed E-state index contributed by atoms with van der Waals surface area (Å²) in [6.07, 6.45) is 0.939. The summed E-state index contributed by atoms with van der Waals surface area (Å²) in [5.41, 5.74) is 2.24. The molecule has 5 nitrogen and oxygen atoms in total. The molecule has 0 saturated carbocycles. The Labute approximate surface area is 169 Å². The number of nitrogens with zero attached hydrogens (tertiary/aromatic N) is 1. The maximum absolute atomic E-state index is 14.0. The van der Waals surface area contributed by atoms with Crippen molar-refractivity contribution in [1.29, 1.82) is 0 Å². The summed E-state index contributed by atoms with van der Waals surface area (Å²) in [5, 5.41) is 2.71. The van der Waals surface area contributed by atoms with E-state index in [1.54, 1.807) is 13.8 Å². The average Bonchev–Trinajstić information content (AvgIpc) is 3.06. The van der Waals surface area contributed by atoms with E-state index in [-0.39, 0.29) is 22.2 Å². The van der Waals surface area contributed by atoms with Crippen LogP contribution in [0.4, 0.5) is 10.1 Å². The molecule has 8 heteroatoms. The number of halogens is 2. The number of aryl methyl sites for hydroxylation is 3. The molecule has 1 aliphatic heterocycles. The first-order valence-corrected chi connectivity index (χ1v) is 10.8. The Morgan fingerprint density at radius 2 is 1.82 bits per heavy atom. The van der Waals surface area contributed by atoms with Crippen LogP contribution in [-0.2, 0) is 14.8 Å². The summed E-state index contributed by atoms with van der Waals surface area (Å²) >= 11 is 5.73. The highest BCUT2D eigenvalue weighted by Crippen LogP contribution is 2.31. The van der Waals surface area contributed by atoms with Gasteiger partial charge in [0.15, 0.2) is 0 Å². The van der Waals surface area contributed by atoms with Gasteiger partial charge in [0.2, 0.25) is 15.9 Å². The maximum atomic E-state index is 14.0. The van der Waals surface area contributed by atoms with Crippen LogP contribution >= 0.6 is 11.6 Å². The van der Waals surface area contributed by atoms with E-state index >= 15 is 0 Å². The second-order valence-electron chi connectivity index (χ2n) is 7.12. The lowest BCUT2D eigenvalue weighted by Gasteiger charge is -2.25. The number of sulfonamides is 1. The molecule has 1 fully saturated rings. The van der Waals surface area contributed by atoms with Crippen molar-refractivity contribution in [1.82, 2.24) is 4.31 Å². The summed E-state index contributed by atoms with van der Waals surface area (Å²) in [6.45, 7) is 5.65. The van der Waals surface area contributed by atoms with Gasteiger partial charge in [-0.1, -0.05) is 29.3 Å². The van der Waals surface area contributed by atoms with Crippen LogP contribution in [0, 0.1) is 26.6 Å². The fourth-order valence-electron chi connectivity index (χ4n) is 3.79. The summed E-state index contributed by atoms with van der Waals surface area (Å²) in [5.74, 6) is -1.22. The number of benzene rings is 2. The van der Waals surface area contributed by atoms with Gasteiger partial charge in [0.25, 0.3) is 0 Å². The molecule has 0 aromatic heterocycles. The molecule has 1 amide bonds. The fraction of sp³-hybridized carbons (Fsp3) is 0.350. The zero-order chi connectivity index (χ0) is 20.6. The van der Waals surface area contributed by atoms with Gasteiger partial charge in [0, 0.05) is 11.6 Å². The Hall–Kier alpha value is -1.96. The second-order valence-corrected chi connectivity index (χ2v) is 9.38. The molecule has 0 spiro atoms. The molecule has 1 saturated heterocycles. The molecule has 1 heterocycles. The van der Waals surface area contributed by atoms with Gasteiger partial charge in [-0.15, -0.1) is 0 Å². The summed E-state index contributed by atoms with van der Waals surface area (Å²) in [7, 11) is -3.86. The first-order chi connectivity index (χ1) is 13.1. The molecule has 0 bridgehead atoms. The highest BCUT2D eigenvalue weighted by Gasteiger charge is 2.40. The first kappa shape index (κ1) is 20.8. The molecule has 3 rings (SSSR count). The van der Waals surface area contributed by atoms with Crippen LogP contribution < -0.4 is 5.32 Å². The Balaban J connectivity index is 1.91. The third-order valence-electron chi connectivity index (χ3n) is 4.87. The van der Waals surface area contributed by atoms with Crippen molar-refractivity contribution in [2.45, 2.75) is 44.6 Å². The normalized spacial score (nSPS) is 17.7. The van der Waals surface area contributed by atoms with Crippen LogP contribution in [0.25, 0.3) is 0 Å². The van der Waals surface area contributed by atoms with Gasteiger partial charge in [0.1, 0.15) is 11.9 Å². The minimum absolute atomic E-state index is 0.0265. The van der Waals surface area contributed by atoms with Crippen molar-refractivity contribution < 1.29 is 17.6 Å². The van der Waals surface area contributed by atoms with Crippen LogP contribution in [0.1, 0.15) is 29.5 Å². The monoisotopic (exact) mass is 424 g/mol. The molecule has 1 atom stereocenters. The van der Waals surface area contributed by atoms with Crippen molar-refractivity contribution in [3.8, 4) is 0 Å². The Kier molecular flexibility index (Phi) is 5.79. The third-order valence-corrected chi connectivity index (χ3v) is 7.32. The van der Waals surface area contributed by atoms with E-state index in [0.29, 0.717) is 24.0 Å². The maximum Gasteiger partial charge on any atom is 0.244 e. The fourth-order valence-corrected chi connectivity index (χ4v) is 6.02. The number of carbonyl (C=O) groups excluding carboxylic acids is 1. The molecular weight excluding hydrogens is 403 g/mol. The van der Waals surface area contributed by atoms with Gasteiger partial charge in [0.05, 0.1) is 10.6 Å². The number of hydrogen-bond donors (Lipinski definition) is 1. The predicted molar refractivity (Wildman–Crippen MR) is 108 cm³/mol. The standard InChI is InChI=1S/C20H22ClFN2O3S/c1-12-9-13(2)19(14(3)10-12)28(26,27)24-8-4-5-18(24)20(25)23-17-7-6-15(21)11-16(17)22/h6-7,9-11,18H,4-5,8H2,1-3H3,(H,23,25). The molecule has 1 aliphatic rings. The summed E-state index contributed by atoms with van der Waals surface area (Å²) in [4.78, 5) is 13.0. The highest BCUT2D eigenvalue weighted by atomic mass is 35.5. The first-order valence-electron chi connectivity index (χ1n) is 8.97. The van der Waals surface area contributed by atoms with Crippen LogP contribution in [0.3, 0.4) is 0 Å². The minimum atomic E-state index is -3.86. The van der Waals surface area contributed by atoms with Gasteiger partial charge in [-0.3, -0.25) is 4.79 Å².